The maximum Gasteiger partial charge on any atom is 0.138 e. The number of nitrogens with two attached hydrogens (primary N) is 1. The van der Waals surface area contributed by atoms with Crippen LogP contribution in [0.25, 0.3) is 10.9 Å². The van der Waals surface area contributed by atoms with Crippen LogP contribution in [0.1, 0.15) is 42.9 Å². The number of methoxy groups -OCH3 is 1. The molecular weight excluding hydrogens is 264 g/mol. The largest absolute Gasteiger partial charge is 0.497 e. The minimum Gasteiger partial charge on any atom is -0.497 e. The van der Waals surface area contributed by atoms with Gasteiger partial charge in [0.25, 0.3) is 0 Å². The molecule has 4 nitrogen and oxygen atoms in total. The number of aromatic nitrogens is 1. The van der Waals surface area contributed by atoms with Gasteiger partial charge in [-0.2, -0.15) is 0 Å². The third-order valence-corrected chi connectivity index (χ3v) is 4.81. The smallest absolute Gasteiger partial charge is 0.138 e. The first kappa shape index (κ1) is 14.1. The molecule has 2 N–H and O–H groups in total. The van der Waals surface area contributed by atoms with E-state index in [1.807, 2.05) is 13.1 Å². The summed E-state index contributed by atoms with van der Waals surface area (Å²) in [7, 11) is 3.72. The van der Waals surface area contributed by atoms with E-state index in [1.165, 1.54) is 10.9 Å². The van der Waals surface area contributed by atoms with Gasteiger partial charge in [-0.1, -0.05) is 0 Å². The fourth-order valence-electron chi connectivity index (χ4n) is 3.73. The standard InChI is InChI=1S/C17H22N2O2/c1-10(20)13-6-4-11(9-18)16-14-8-12(21-3)5-7-15(14)19(2)17(13)16/h5,7-8,11,13H,4,6,9,18H2,1-3H3. The fraction of sp³-hybridized carbons (Fsp3) is 0.471. The van der Waals surface area contributed by atoms with Crippen LogP contribution in [-0.2, 0) is 11.8 Å². The van der Waals surface area contributed by atoms with Crippen molar-refractivity contribution in [3.05, 3.63) is 29.5 Å². The highest BCUT2D eigenvalue weighted by molar-refractivity contribution is 5.92. The zero-order valence-electron chi connectivity index (χ0n) is 12.8. The van der Waals surface area contributed by atoms with Gasteiger partial charge in [-0.25, -0.2) is 0 Å². The van der Waals surface area contributed by atoms with Crippen LogP contribution in [-0.4, -0.2) is 24.0 Å². The number of nitrogens with zero attached hydrogens (tertiary/aromatic N) is 1. The van der Waals surface area contributed by atoms with E-state index >= 15 is 0 Å². The Morgan fingerprint density at radius 1 is 1.43 bits per heavy atom. The number of Topliss-reactive ketones (excluding diaryl/α,β-unsaturated/α-hetero) is 1. The molecule has 0 radical (unpaired) electrons. The topological polar surface area (TPSA) is 57.2 Å². The number of aryl methyl sites for hydroxylation is 1. The molecule has 1 aliphatic rings. The van der Waals surface area contributed by atoms with E-state index in [-0.39, 0.29) is 11.7 Å². The predicted octanol–water partition coefficient (Wildman–Crippen LogP) is 2.70. The maximum absolute atomic E-state index is 12.0. The van der Waals surface area contributed by atoms with Crippen LogP contribution < -0.4 is 10.5 Å². The van der Waals surface area contributed by atoms with Gasteiger partial charge in [-0.3, -0.25) is 4.79 Å². The van der Waals surface area contributed by atoms with Crippen molar-refractivity contribution in [2.75, 3.05) is 13.7 Å². The van der Waals surface area contributed by atoms with Crippen molar-refractivity contribution in [2.45, 2.75) is 31.6 Å². The lowest BCUT2D eigenvalue weighted by Gasteiger charge is -2.28. The van der Waals surface area contributed by atoms with Gasteiger partial charge >= 0.3 is 0 Å². The Kier molecular flexibility index (Phi) is 3.49. The van der Waals surface area contributed by atoms with Gasteiger partial charge < -0.3 is 15.0 Å². The summed E-state index contributed by atoms with van der Waals surface area (Å²) in [5.41, 5.74) is 9.53. The van der Waals surface area contributed by atoms with Gasteiger partial charge in [0, 0.05) is 23.6 Å². The van der Waals surface area contributed by atoms with E-state index in [2.05, 4.69) is 16.7 Å². The lowest BCUT2D eigenvalue weighted by atomic mass is 9.78. The summed E-state index contributed by atoms with van der Waals surface area (Å²) in [6.45, 7) is 2.31. The van der Waals surface area contributed by atoms with E-state index in [0.717, 1.165) is 29.8 Å². The Morgan fingerprint density at radius 2 is 2.19 bits per heavy atom. The average Bonchev–Trinajstić information content (AvgIpc) is 2.79. The van der Waals surface area contributed by atoms with Crippen molar-refractivity contribution in [2.24, 2.45) is 12.8 Å². The van der Waals surface area contributed by atoms with Gasteiger partial charge in [0.15, 0.2) is 0 Å². The number of rotatable bonds is 3. The monoisotopic (exact) mass is 286 g/mol. The summed E-state index contributed by atoms with van der Waals surface area (Å²) in [6, 6.07) is 6.10. The zero-order valence-corrected chi connectivity index (χ0v) is 12.8. The number of hydrogen-bond donors (Lipinski definition) is 1. The number of carbonyl (C=O) groups excluding carboxylic acids is 1. The Labute approximate surface area is 124 Å². The highest BCUT2D eigenvalue weighted by Crippen LogP contribution is 2.44. The normalized spacial score (nSPS) is 21.3. The first-order valence-electron chi connectivity index (χ1n) is 7.45. The van der Waals surface area contributed by atoms with Crippen LogP contribution >= 0.6 is 0 Å². The van der Waals surface area contributed by atoms with Gasteiger partial charge in [-0.05, 0) is 56.0 Å². The number of ketones is 1. The Balaban J connectivity index is 2.33. The molecule has 1 aliphatic carbocycles. The number of ether oxygens (including phenoxy) is 1. The molecule has 1 aromatic carbocycles. The molecule has 1 aromatic heterocycles. The molecule has 3 rings (SSSR count). The lowest BCUT2D eigenvalue weighted by molar-refractivity contribution is -0.118. The van der Waals surface area contributed by atoms with Crippen molar-refractivity contribution in [1.29, 1.82) is 0 Å². The zero-order chi connectivity index (χ0) is 15.1. The molecule has 0 bridgehead atoms. The molecular formula is C17H22N2O2. The summed E-state index contributed by atoms with van der Waals surface area (Å²) >= 11 is 0. The molecule has 0 amide bonds. The van der Waals surface area contributed by atoms with Gasteiger partial charge in [-0.15, -0.1) is 0 Å². The number of hydrogen-bond acceptors (Lipinski definition) is 3. The molecule has 0 aliphatic heterocycles. The third kappa shape index (κ3) is 2.05. The quantitative estimate of drug-likeness (QED) is 0.943. The predicted molar refractivity (Wildman–Crippen MR) is 83.9 cm³/mol. The van der Waals surface area contributed by atoms with Crippen LogP contribution in [0.5, 0.6) is 5.75 Å². The second-order valence-electron chi connectivity index (χ2n) is 5.91. The van der Waals surface area contributed by atoms with E-state index in [4.69, 9.17) is 10.5 Å². The molecule has 21 heavy (non-hydrogen) atoms. The van der Waals surface area contributed by atoms with Gasteiger partial charge in [0.1, 0.15) is 11.5 Å². The van der Waals surface area contributed by atoms with Crippen molar-refractivity contribution in [3.8, 4) is 5.75 Å². The average molecular weight is 286 g/mol. The van der Waals surface area contributed by atoms with Gasteiger partial charge in [0.2, 0.25) is 0 Å². The minimum atomic E-state index is -0.00815. The van der Waals surface area contributed by atoms with E-state index in [1.54, 1.807) is 14.0 Å². The molecule has 2 aromatic rings. The Bertz CT molecular complexity index is 702. The summed E-state index contributed by atoms with van der Waals surface area (Å²) in [4.78, 5) is 12.0. The van der Waals surface area contributed by atoms with E-state index in [0.29, 0.717) is 12.5 Å². The molecule has 0 spiro atoms. The van der Waals surface area contributed by atoms with E-state index < -0.39 is 0 Å². The molecule has 0 fully saturated rings. The van der Waals surface area contributed by atoms with Gasteiger partial charge in [0.05, 0.1) is 13.0 Å². The SMILES string of the molecule is COc1ccc2c(c1)c1c(n2C)C(C(C)=O)CCC1CN. The van der Waals surface area contributed by atoms with Crippen molar-refractivity contribution >= 4 is 16.7 Å². The number of fused-ring (bicyclic) bond motifs is 3. The summed E-state index contributed by atoms with van der Waals surface area (Å²) in [6.07, 6.45) is 1.87. The van der Waals surface area contributed by atoms with Crippen LogP contribution in [0.4, 0.5) is 0 Å². The highest BCUT2D eigenvalue weighted by Gasteiger charge is 2.34. The number of carbonyl (C=O) groups is 1. The molecule has 0 saturated heterocycles. The molecule has 0 saturated carbocycles. The summed E-state index contributed by atoms with van der Waals surface area (Å²) < 4.78 is 7.52. The fourth-order valence-corrected chi connectivity index (χ4v) is 3.73. The second kappa shape index (κ2) is 5.19. The van der Waals surface area contributed by atoms with Crippen molar-refractivity contribution in [1.82, 2.24) is 4.57 Å². The third-order valence-electron chi connectivity index (χ3n) is 4.81. The summed E-state index contributed by atoms with van der Waals surface area (Å²) in [5.74, 6) is 1.40. The van der Waals surface area contributed by atoms with Crippen LogP contribution in [0.3, 0.4) is 0 Å². The lowest BCUT2D eigenvalue weighted by Crippen LogP contribution is -2.24. The Hall–Kier alpha value is -1.81. The number of benzene rings is 1. The summed E-state index contributed by atoms with van der Waals surface area (Å²) in [5, 5.41) is 1.17. The van der Waals surface area contributed by atoms with Crippen molar-refractivity contribution in [3.63, 3.8) is 0 Å². The maximum atomic E-state index is 12.0. The van der Waals surface area contributed by atoms with Crippen molar-refractivity contribution < 1.29 is 9.53 Å². The van der Waals surface area contributed by atoms with Crippen LogP contribution in [0, 0.1) is 0 Å². The molecule has 1 heterocycles. The first-order valence-corrected chi connectivity index (χ1v) is 7.45. The molecule has 2 unspecified atom stereocenters. The molecule has 112 valence electrons. The van der Waals surface area contributed by atoms with Crippen LogP contribution in [0.2, 0.25) is 0 Å². The molecule has 2 atom stereocenters. The minimum absolute atomic E-state index is 0.00815. The second-order valence-corrected chi connectivity index (χ2v) is 5.91. The van der Waals surface area contributed by atoms with E-state index in [9.17, 15) is 4.79 Å². The molecule has 4 heteroatoms. The highest BCUT2D eigenvalue weighted by atomic mass is 16.5. The van der Waals surface area contributed by atoms with Crippen LogP contribution in [0.15, 0.2) is 18.2 Å². The first-order chi connectivity index (χ1) is 10.1. The Morgan fingerprint density at radius 3 is 2.81 bits per heavy atom.